The van der Waals surface area contributed by atoms with Crippen LogP contribution in [-0.2, 0) is 9.53 Å². The van der Waals surface area contributed by atoms with Crippen LogP contribution in [0.2, 0.25) is 0 Å². The number of hydrogen-bond acceptors (Lipinski definition) is 6. The number of hydrogen-bond donors (Lipinski definition) is 1. The second kappa shape index (κ2) is 7.86. The van der Waals surface area contributed by atoms with Crippen LogP contribution in [0.15, 0.2) is 42.7 Å². The number of halogens is 3. The van der Waals surface area contributed by atoms with Crippen molar-refractivity contribution in [3.63, 3.8) is 0 Å². The van der Waals surface area contributed by atoms with Crippen molar-refractivity contribution in [3.8, 4) is 5.69 Å². The Morgan fingerprint density at radius 3 is 2.64 bits per heavy atom. The Morgan fingerprint density at radius 1 is 1.14 bits per heavy atom. The Morgan fingerprint density at radius 2 is 1.93 bits per heavy atom. The monoisotopic (exact) mass is 391 g/mol. The van der Waals surface area contributed by atoms with Crippen LogP contribution in [-0.4, -0.2) is 38.2 Å². The molecule has 0 bridgehead atoms. The van der Waals surface area contributed by atoms with Gasteiger partial charge in [-0.3, -0.25) is 4.79 Å². The van der Waals surface area contributed by atoms with Gasteiger partial charge in [-0.1, -0.05) is 6.07 Å². The molecule has 0 aliphatic rings. The second-order valence-corrected chi connectivity index (χ2v) is 5.56. The average Bonchev–Trinajstić information content (AvgIpc) is 3.23. The van der Waals surface area contributed by atoms with E-state index in [9.17, 15) is 22.8 Å². The minimum absolute atomic E-state index is 0.117. The van der Waals surface area contributed by atoms with Crippen molar-refractivity contribution < 1.29 is 27.5 Å². The summed E-state index contributed by atoms with van der Waals surface area (Å²) in [5.74, 6) is -6.42. The number of ether oxygens (including phenoxy) is 1. The molecule has 11 heteroatoms. The number of carbonyl (C=O) groups is 2. The van der Waals surface area contributed by atoms with Crippen molar-refractivity contribution in [1.82, 2.24) is 20.2 Å². The minimum atomic E-state index is -1.72. The summed E-state index contributed by atoms with van der Waals surface area (Å²) in [6.07, 6.45) is -0.00614. The molecule has 28 heavy (non-hydrogen) atoms. The van der Waals surface area contributed by atoms with Crippen molar-refractivity contribution in [2.45, 2.75) is 13.0 Å². The van der Waals surface area contributed by atoms with Gasteiger partial charge in [0, 0.05) is 0 Å². The van der Waals surface area contributed by atoms with Gasteiger partial charge in [-0.2, -0.15) is 0 Å². The summed E-state index contributed by atoms with van der Waals surface area (Å²) in [4.78, 5) is 24.3. The minimum Gasteiger partial charge on any atom is -0.449 e. The zero-order chi connectivity index (χ0) is 20.3. The first-order valence-electron chi connectivity index (χ1n) is 7.85. The van der Waals surface area contributed by atoms with Crippen molar-refractivity contribution in [1.29, 1.82) is 0 Å². The molecule has 1 atom stereocenters. The van der Waals surface area contributed by atoms with Crippen LogP contribution in [0.5, 0.6) is 0 Å². The third-order valence-electron chi connectivity index (χ3n) is 3.64. The molecule has 3 rings (SSSR count). The molecule has 0 aliphatic heterocycles. The van der Waals surface area contributed by atoms with Gasteiger partial charge in [-0.15, -0.1) is 5.10 Å². The molecule has 0 saturated heterocycles. The number of tetrazole rings is 1. The first kappa shape index (κ1) is 19.0. The summed E-state index contributed by atoms with van der Waals surface area (Å²) in [7, 11) is 0. The zero-order valence-electron chi connectivity index (χ0n) is 14.3. The van der Waals surface area contributed by atoms with Gasteiger partial charge < -0.3 is 10.1 Å². The molecule has 0 saturated carbocycles. The van der Waals surface area contributed by atoms with Crippen molar-refractivity contribution in [3.05, 3.63) is 65.7 Å². The summed E-state index contributed by atoms with van der Waals surface area (Å²) in [6, 6.07) is 7.63. The Labute approximate surface area is 155 Å². The lowest BCUT2D eigenvalue weighted by atomic mass is 10.2. The van der Waals surface area contributed by atoms with Gasteiger partial charge in [0.25, 0.3) is 5.91 Å². The van der Waals surface area contributed by atoms with Gasteiger partial charge in [-0.25, -0.2) is 22.6 Å². The smallest absolute Gasteiger partial charge is 0.338 e. The molecule has 3 aromatic rings. The number of amides is 1. The van der Waals surface area contributed by atoms with E-state index in [1.54, 1.807) is 12.1 Å². The van der Waals surface area contributed by atoms with Crippen molar-refractivity contribution in [2.75, 3.05) is 5.32 Å². The Hall–Kier alpha value is -3.76. The van der Waals surface area contributed by atoms with Crippen LogP contribution >= 0.6 is 0 Å². The summed E-state index contributed by atoms with van der Waals surface area (Å²) in [5.41, 5.74) is 0.0274. The molecule has 1 aromatic heterocycles. The Balaban J connectivity index is 1.68. The molecule has 2 aromatic carbocycles. The molecule has 0 aliphatic carbocycles. The molecule has 1 N–H and O–H groups in total. The van der Waals surface area contributed by atoms with E-state index in [0.717, 1.165) is 6.07 Å². The second-order valence-electron chi connectivity index (χ2n) is 5.56. The highest BCUT2D eigenvalue weighted by Gasteiger charge is 2.22. The number of nitrogens with zero attached hydrogens (tertiary/aromatic N) is 4. The molecule has 1 heterocycles. The van der Waals surface area contributed by atoms with Gasteiger partial charge >= 0.3 is 5.97 Å². The van der Waals surface area contributed by atoms with E-state index in [-0.39, 0.29) is 5.56 Å². The number of carbonyl (C=O) groups excluding carboxylic acids is 2. The highest BCUT2D eigenvalue weighted by Crippen LogP contribution is 2.20. The van der Waals surface area contributed by atoms with E-state index < -0.39 is 41.1 Å². The third-order valence-corrected chi connectivity index (χ3v) is 3.64. The molecular formula is C17H12F3N5O3. The van der Waals surface area contributed by atoms with Crippen LogP contribution in [0.25, 0.3) is 5.69 Å². The largest absolute Gasteiger partial charge is 0.449 e. The molecule has 144 valence electrons. The molecule has 0 fully saturated rings. The molecule has 8 nitrogen and oxygen atoms in total. The fourth-order valence-electron chi connectivity index (χ4n) is 2.19. The van der Waals surface area contributed by atoms with E-state index in [2.05, 4.69) is 15.5 Å². The Bertz CT molecular complexity index is 1030. The number of benzene rings is 2. The molecule has 0 unspecified atom stereocenters. The normalized spacial score (nSPS) is 11.7. The van der Waals surface area contributed by atoms with Gasteiger partial charge in [0.2, 0.25) is 0 Å². The predicted molar refractivity (Wildman–Crippen MR) is 89.0 cm³/mol. The summed E-state index contributed by atoms with van der Waals surface area (Å²) < 4.78 is 46.2. The quantitative estimate of drug-likeness (QED) is 0.529. The van der Waals surface area contributed by atoms with Gasteiger partial charge in [0.15, 0.2) is 23.6 Å². The number of anilines is 1. The lowest BCUT2D eigenvalue weighted by Gasteiger charge is -2.14. The maximum absolute atomic E-state index is 13.6. The SMILES string of the molecule is C[C@H](OC(=O)c1cccc(-n2cnnn2)c1)C(=O)Nc1ccc(F)c(F)c1F. The van der Waals surface area contributed by atoms with Gasteiger partial charge in [0.05, 0.1) is 16.9 Å². The molecule has 0 radical (unpaired) electrons. The van der Waals surface area contributed by atoms with Crippen LogP contribution in [0.4, 0.5) is 18.9 Å². The number of rotatable bonds is 5. The fourth-order valence-corrected chi connectivity index (χ4v) is 2.19. The summed E-state index contributed by atoms with van der Waals surface area (Å²) in [6.45, 7) is 1.25. The van der Waals surface area contributed by atoms with Gasteiger partial charge in [-0.05, 0) is 47.7 Å². The van der Waals surface area contributed by atoms with E-state index >= 15 is 0 Å². The Kier molecular flexibility index (Phi) is 5.34. The maximum Gasteiger partial charge on any atom is 0.338 e. The maximum atomic E-state index is 13.6. The lowest BCUT2D eigenvalue weighted by molar-refractivity contribution is -0.123. The third kappa shape index (κ3) is 3.98. The highest BCUT2D eigenvalue weighted by atomic mass is 19.2. The van der Waals surface area contributed by atoms with E-state index in [4.69, 9.17) is 4.74 Å². The zero-order valence-corrected chi connectivity index (χ0v) is 14.3. The number of aromatic nitrogens is 4. The molecular weight excluding hydrogens is 379 g/mol. The topological polar surface area (TPSA) is 99.0 Å². The number of esters is 1. The van der Waals surface area contributed by atoms with E-state index in [1.807, 2.05) is 5.32 Å². The average molecular weight is 391 g/mol. The summed E-state index contributed by atoms with van der Waals surface area (Å²) in [5, 5.41) is 12.7. The molecule has 1 amide bonds. The van der Waals surface area contributed by atoms with E-state index in [1.165, 1.54) is 30.1 Å². The van der Waals surface area contributed by atoms with Gasteiger partial charge in [0.1, 0.15) is 6.33 Å². The number of nitrogens with one attached hydrogen (secondary N) is 1. The van der Waals surface area contributed by atoms with Crippen LogP contribution in [0.1, 0.15) is 17.3 Å². The standard InChI is InChI=1S/C17H12F3N5O3/c1-9(16(26)22-13-6-5-12(18)14(19)15(13)20)28-17(27)10-3-2-4-11(7-10)25-8-21-23-24-25/h2-9H,1H3,(H,22,26)/t9-/m0/s1. The van der Waals surface area contributed by atoms with Crippen LogP contribution in [0, 0.1) is 17.5 Å². The van der Waals surface area contributed by atoms with Crippen molar-refractivity contribution in [2.24, 2.45) is 0 Å². The summed E-state index contributed by atoms with van der Waals surface area (Å²) >= 11 is 0. The first-order chi connectivity index (χ1) is 13.4. The predicted octanol–water partition coefficient (Wildman–Crippen LogP) is 2.26. The van der Waals surface area contributed by atoms with Crippen LogP contribution < -0.4 is 5.32 Å². The first-order valence-corrected chi connectivity index (χ1v) is 7.85. The fraction of sp³-hybridized carbons (Fsp3) is 0.118. The lowest BCUT2D eigenvalue weighted by Crippen LogP contribution is -2.30. The highest BCUT2D eigenvalue weighted by molar-refractivity contribution is 5.97. The van der Waals surface area contributed by atoms with E-state index in [0.29, 0.717) is 11.8 Å². The van der Waals surface area contributed by atoms with Crippen molar-refractivity contribution >= 4 is 17.6 Å². The van der Waals surface area contributed by atoms with Crippen LogP contribution in [0.3, 0.4) is 0 Å². The molecule has 0 spiro atoms.